The van der Waals surface area contributed by atoms with Crippen molar-refractivity contribution in [3.8, 4) is 0 Å². The second-order valence-electron chi connectivity index (χ2n) is 5.17. The standard InChI is InChI=1S/C12H21N3O2/c1-8-4-6-12(13,7-5-8)11-14-10(15-17-11)9(2)16-3/h8-9H,4-7,13H2,1-3H3. The van der Waals surface area contributed by atoms with Crippen LogP contribution in [-0.4, -0.2) is 17.3 Å². The molecule has 5 nitrogen and oxygen atoms in total. The molecule has 1 fully saturated rings. The Balaban J connectivity index is 2.14. The highest BCUT2D eigenvalue weighted by molar-refractivity contribution is 5.05. The minimum absolute atomic E-state index is 0.154. The van der Waals surface area contributed by atoms with E-state index < -0.39 is 5.54 Å². The zero-order valence-electron chi connectivity index (χ0n) is 10.8. The van der Waals surface area contributed by atoms with Crippen molar-refractivity contribution in [3.63, 3.8) is 0 Å². The van der Waals surface area contributed by atoms with Gasteiger partial charge in [0, 0.05) is 7.11 Å². The van der Waals surface area contributed by atoms with Gasteiger partial charge in [-0.25, -0.2) is 0 Å². The third-order valence-corrected chi connectivity index (χ3v) is 3.75. The van der Waals surface area contributed by atoms with Gasteiger partial charge in [0.15, 0.2) is 5.82 Å². The summed E-state index contributed by atoms with van der Waals surface area (Å²) in [6.07, 6.45) is 3.91. The van der Waals surface area contributed by atoms with Gasteiger partial charge in [0.05, 0.1) is 5.54 Å². The molecule has 0 aromatic carbocycles. The van der Waals surface area contributed by atoms with E-state index in [9.17, 15) is 0 Å². The second kappa shape index (κ2) is 4.74. The summed E-state index contributed by atoms with van der Waals surface area (Å²) in [5.41, 5.74) is 5.92. The Kier molecular flexibility index (Phi) is 3.49. The Labute approximate surface area is 102 Å². The van der Waals surface area contributed by atoms with Crippen molar-refractivity contribution in [2.45, 2.75) is 51.2 Å². The van der Waals surface area contributed by atoms with Crippen molar-refractivity contribution in [3.05, 3.63) is 11.7 Å². The molecule has 0 spiro atoms. The lowest BCUT2D eigenvalue weighted by Gasteiger charge is -2.32. The van der Waals surface area contributed by atoms with Crippen LogP contribution in [0.4, 0.5) is 0 Å². The van der Waals surface area contributed by atoms with Gasteiger partial charge in [-0.05, 0) is 38.5 Å². The van der Waals surface area contributed by atoms with Gasteiger partial charge in [0.25, 0.3) is 0 Å². The molecule has 1 aromatic rings. The molecule has 96 valence electrons. The van der Waals surface area contributed by atoms with Gasteiger partial charge in [-0.1, -0.05) is 12.1 Å². The molecule has 1 unspecified atom stereocenters. The molecule has 5 heteroatoms. The fraction of sp³-hybridized carbons (Fsp3) is 0.833. The lowest BCUT2D eigenvalue weighted by Crippen LogP contribution is -2.40. The molecule has 0 aliphatic heterocycles. The maximum atomic E-state index is 6.36. The number of ether oxygens (including phenoxy) is 1. The van der Waals surface area contributed by atoms with Gasteiger partial charge in [0.2, 0.25) is 5.89 Å². The summed E-state index contributed by atoms with van der Waals surface area (Å²) in [5, 5.41) is 3.94. The maximum Gasteiger partial charge on any atom is 0.246 e. The summed E-state index contributed by atoms with van der Waals surface area (Å²) in [4.78, 5) is 4.37. The SMILES string of the molecule is COC(C)c1noc(C2(N)CCC(C)CC2)n1. The van der Waals surface area contributed by atoms with E-state index in [1.54, 1.807) is 7.11 Å². The van der Waals surface area contributed by atoms with Crippen LogP contribution in [0.2, 0.25) is 0 Å². The van der Waals surface area contributed by atoms with E-state index in [1.807, 2.05) is 6.92 Å². The average molecular weight is 239 g/mol. The fourth-order valence-electron chi connectivity index (χ4n) is 2.20. The second-order valence-corrected chi connectivity index (χ2v) is 5.17. The monoisotopic (exact) mass is 239 g/mol. The molecule has 2 rings (SSSR count). The molecule has 1 atom stereocenters. The molecule has 0 amide bonds. The van der Waals surface area contributed by atoms with E-state index in [1.165, 1.54) is 0 Å². The lowest BCUT2D eigenvalue weighted by molar-refractivity contribution is 0.109. The van der Waals surface area contributed by atoms with Gasteiger partial charge in [0.1, 0.15) is 6.10 Å². The third-order valence-electron chi connectivity index (χ3n) is 3.75. The molecule has 2 N–H and O–H groups in total. The molecule has 0 saturated heterocycles. The first kappa shape index (κ1) is 12.5. The summed E-state index contributed by atoms with van der Waals surface area (Å²) in [7, 11) is 1.63. The van der Waals surface area contributed by atoms with Crippen LogP contribution in [0.5, 0.6) is 0 Å². The summed E-state index contributed by atoms with van der Waals surface area (Å²) in [6.45, 7) is 4.15. The normalized spacial score (nSPS) is 31.4. The van der Waals surface area contributed by atoms with Gasteiger partial charge >= 0.3 is 0 Å². The Bertz CT molecular complexity index is 370. The highest BCUT2D eigenvalue weighted by Gasteiger charge is 2.37. The van der Waals surface area contributed by atoms with Crippen molar-refractivity contribution < 1.29 is 9.26 Å². The molecule has 0 radical (unpaired) electrons. The Hall–Kier alpha value is -0.940. The molecular formula is C12H21N3O2. The predicted octanol–water partition coefficient (Wildman–Crippen LogP) is 2.14. The Morgan fingerprint density at radius 1 is 1.47 bits per heavy atom. The van der Waals surface area contributed by atoms with Crippen LogP contribution in [0.3, 0.4) is 0 Å². The zero-order valence-corrected chi connectivity index (χ0v) is 10.8. The van der Waals surface area contributed by atoms with Gasteiger partial charge in [-0.3, -0.25) is 0 Å². The maximum absolute atomic E-state index is 6.36. The topological polar surface area (TPSA) is 74.2 Å². The van der Waals surface area contributed by atoms with Crippen LogP contribution >= 0.6 is 0 Å². The number of nitrogens with two attached hydrogens (primary N) is 1. The van der Waals surface area contributed by atoms with Crippen LogP contribution < -0.4 is 5.73 Å². The first-order valence-electron chi connectivity index (χ1n) is 6.21. The number of hydrogen-bond acceptors (Lipinski definition) is 5. The van der Waals surface area contributed by atoms with E-state index >= 15 is 0 Å². The molecule has 1 aliphatic rings. The molecular weight excluding hydrogens is 218 g/mol. The van der Waals surface area contributed by atoms with Gasteiger partial charge < -0.3 is 15.0 Å². The minimum Gasteiger partial charge on any atom is -0.374 e. The van der Waals surface area contributed by atoms with E-state index in [-0.39, 0.29) is 6.10 Å². The van der Waals surface area contributed by atoms with E-state index in [0.717, 1.165) is 31.6 Å². The molecule has 17 heavy (non-hydrogen) atoms. The fourth-order valence-corrected chi connectivity index (χ4v) is 2.20. The number of nitrogens with zero attached hydrogens (tertiary/aromatic N) is 2. The third kappa shape index (κ3) is 2.50. The number of hydrogen-bond donors (Lipinski definition) is 1. The predicted molar refractivity (Wildman–Crippen MR) is 63.2 cm³/mol. The van der Waals surface area contributed by atoms with Crippen molar-refractivity contribution in [1.29, 1.82) is 0 Å². The number of methoxy groups -OCH3 is 1. The zero-order chi connectivity index (χ0) is 12.5. The molecule has 1 aliphatic carbocycles. The summed E-state index contributed by atoms with van der Waals surface area (Å²) in [5.74, 6) is 1.88. The van der Waals surface area contributed by atoms with Crippen LogP contribution in [0, 0.1) is 5.92 Å². The quantitative estimate of drug-likeness (QED) is 0.874. The van der Waals surface area contributed by atoms with Crippen molar-refractivity contribution in [1.82, 2.24) is 10.1 Å². The highest BCUT2D eigenvalue weighted by Crippen LogP contribution is 2.36. The van der Waals surface area contributed by atoms with Crippen LogP contribution in [0.15, 0.2) is 4.52 Å². The molecule has 0 bridgehead atoms. The first-order chi connectivity index (χ1) is 8.05. The minimum atomic E-state index is -0.439. The van der Waals surface area contributed by atoms with E-state index in [4.69, 9.17) is 15.0 Å². The van der Waals surface area contributed by atoms with E-state index in [0.29, 0.717) is 11.7 Å². The smallest absolute Gasteiger partial charge is 0.246 e. The Morgan fingerprint density at radius 2 is 2.12 bits per heavy atom. The number of rotatable bonds is 3. The lowest BCUT2D eigenvalue weighted by atomic mass is 9.78. The van der Waals surface area contributed by atoms with E-state index in [2.05, 4.69) is 17.1 Å². The summed E-state index contributed by atoms with van der Waals surface area (Å²) in [6, 6.07) is 0. The molecule has 1 aromatic heterocycles. The first-order valence-corrected chi connectivity index (χ1v) is 6.21. The average Bonchev–Trinajstić information content (AvgIpc) is 2.82. The van der Waals surface area contributed by atoms with Crippen molar-refractivity contribution in [2.75, 3.05) is 7.11 Å². The molecule has 1 saturated carbocycles. The summed E-state index contributed by atoms with van der Waals surface area (Å²) < 4.78 is 10.5. The van der Waals surface area contributed by atoms with Crippen LogP contribution in [0.1, 0.15) is 57.3 Å². The largest absolute Gasteiger partial charge is 0.374 e. The van der Waals surface area contributed by atoms with Crippen LogP contribution in [0.25, 0.3) is 0 Å². The summed E-state index contributed by atoms with van der Waals surface area (Å²) >= 11 is 0. The van der Waals surface area contributed by atoms with Crippen molar-refractivity contribution in [2.24, 2.45) is 11.7 Å². The van der Waals surface area contributed by atoms with Gasteiger partial charge in [-0.15, -0.1) is 0 Å². The van der Waals surface area contributed by atoms with Crippen molar-refractivity contribution >= 4 is 0 Å². The highest BCUT2D eigenvalue weighted by atomic mass is 16.5. The number of aromatic nitrogens is 2. The molecule has 1 heterocycles. The Morgan fingerprint density at radius 3 is 2.71 bits per heavy atom. The van der Waals surface area contributed by atoms with Gasteiger partial charge in [-0.2, -0.15) is 4.98 Å². The van der Waals surface area contributed by atoms with Crippen LogP contribution in [-0.2, 0) is 10.3 Å².